The molecule has 16 heavy (non-hydrogen) atoms. The summed E-state index contributed by atoms with van der Waals surface area (Å²) in [4.78, 5) is 12.0. The van der Waals surface area contributed by atoms with Crippen LogP contribution in [0.25, 0.3) is 0 Å². The Morgan fingerprint density at radius 3 is 3.12 bits per heavy atom. The summed E-state index contributed by atoms with van der Waals surface area (Å²) in [5, 5.41) is 10.6. The Morgan fingerprint density at radius 1 is 1.56 bits per heavy atom. The topological polar surface area (TPSA) is 59.0 Å². The SMILES string of the molecule is Cn1nc(C(=O)NC2CC2)c2c1CCNC2. The van der Waals surface area contributed by atoms with Crippen molar-refractivity contribution < 1.29 is 4.79 Å². The Kier molecular flexibility index (Phi) is 2.21. The summed E-state index contributed by atoms with van der Waals surface area (Å²) in [6.45, 7) is 1.73. The molecule has 0 saturated heterocycles. The first kappa shape index (κ1) is 9.84. The molecule has 1 aromatic rings. The molecule has 0 aromatic carbocycles. The normalized spacial score (nSPS) is 19.3. The lowest BCUT2D eigenvalue weighted by atomic mass is 10.1. The molecule has 0 spiro atoms. The molecule has 1 aromatic heterocycles. The van der Waals surface area contributed by atoms with Gasteiger partial charge in [-0.25, -0.2) is 0 Å². The molecule has 5 nitrogen and oxygen atoms in total. The zero-order valence-electron chi connectivity index (χ0n) is 9.42. The molecule has 3 rings (SSSR count). The van der Waals surface area contributed by atoms with Gasteiger partial charge in [0.15, 0.2) is 5.69 Å². The van der Waals surface area contributed by atoms with Crippen LogP contribution in [-0.2, 0) is 20.0 Å². The van der Waals surface area contributed by atoms with Gasteiger partial charge < -0.3 is 10.6 Å². The number of carbonyl (C=O) groups is 1. The number of carbonyl (C=O) groups excluding carboxylic acids is 1. The third-order valence-electron chi connectivity index (χ3n) is 3.24. The monoisotopic (exact) mass is 220 g/mol. The van der Waals surface area contributed by atoms with Crippen LogP contribution in [-0.4, -0.2) is 28.3 Å². The van der Waals surface area contributed by atoms with Crippen LogP contribution in [0.15, 0.2) is 0 Å². The van der Waals surface area contributed by atoms with Gasteiger partial charge in [-0.05, 0) is 12.8 Å². The Balaban J connectivity index is 1.90. The summed E-state index contributed by atoms with van der Waals surface area (Å²) in [5.74, 6) is -0.0111. The maximum atomic E-state index is 12.0. The zero-order chi connectivity index (χ0) is 11.1. The lowest BCUT2D eigenvalue weighted by Gasteiger charge is -2.14. The second-order valence-electron chi connectivity index (χ2n) is 4.57. The Bertz CT molecular complexity index is 433. The van der Waals surface area contributed by atoms with Gasteiger partial charge in [0, 0.05) is 43.9 Å². The van der Waals surface area contributed by atoms with Crippen LogP contribution in [0.1, 0.15) is 34.6 Å². The second kappa shape index (κ2) is 3.59. The highest BCUT2D eigenvalue weighted by atomic mass is 16.2. The molecular formula is C11H16N4O. The van der Waals surface area contributed by atoms with Crippen molar-refractivity contribution in [2.45, 2.75) is 31.8 Å². The third kappa shape index (κ3) is 1.61. The van der Waals surface area contributed by atoms with Gasteiger partial charge in [0.25, 0.3) is 5.91 Å². The molecule has 86 valence electrons. The van der Waals surface area contributed by atoms with E-state index in [9.17, 15) is 4.79 Å². The molecule has 1 fully saturated rings. The van der Waals surface area contributed by atoms with Gasteiger partial charge in [0.2, 0.25) is 0 Å². The van der Waals surface area contributed by atoms with Crippen molar-refractivity contribution in [3.63, 3.8) is 0 Å². The number of hydrogen-bond acceptors (Lipinski definition) is 3. The fourth-order valence-corrected chi connectivity index (χ4v) is 2.19. The van der Waals surface area contributed by atoms with E-state index in [4.69, 9.17) is 0 Å². The van der Waals surface area contributed by atoms with Crippen molar-refractivity contribution in [3.05, 3.63) is 17.0 Å². The van der Waals surface area contributed by atoms with E-state index in [2.05, 4.69) is 15.7 Å². The maximum Gasteiger partial charge on any atom is 0.272 e. The van der Waals surface area contributed by atoms with Crippen LogP contribution in [0.3, 0.4) is 0 Å². The molecule has 5 heteroatoms. The van der Waals surface area contributed by atoms with Gasteiger partial charge in [0.1, 0.15) is 0 Å². The molecular weight excluding hydrogens is 204 g/mol. The molecule has 1 amide bonds. The van der Waals surface area contributed by atoms with Crippen LogP contribution in [0.2, 0.25) is 0 Å². The first-order valence-electron chi connectivity index (χ1n) is 5.82. The summed E-state index contributed by atoms with van der Waals surface area (Å²) in [7, 11) is 1.91. The van der Waals surface area contributed by atoms with Crippen LogP contribution < -0.4 is 10.6 Å². The number of hydrogen-bond donors (Lipinski definition) is 2. The standard InChI is InChI=1S/C11H16N4O/c1-15-9-4-5-12-6-8(9)10(14-15)11(16)13-7-2-3-7/h7,12H,2-6H2,1H3,(H,13,16). The summed E-state index contributed by atoms with van der Waals surface area (Å²) in [6, 6.07) is 0.390. The number of amides is 1. The van der Waals surface area contributed by atoms with Gasteiger partial charge in [-0.2, -0.15) is 5.10 Å². The Morgan fingerprint density at radius 2 is 2.38 bits per heavy atom. The zero-order valence-corrected chi connectivity index (χ0v) is 9.42. The summed E-state index contributed by atoms with van der Waals surface area (Å²) < 4.78 is 1.85. The van der Waals surface area contributed by atoms with E-state index < -0.39 is 0 Å². The lowest BCUT2D eigenvalue weighted by Crippen LogP contribution is -2.29. The lowest BCUT2D eigenvalue weighted by molar-refractivity contribution is 0.0944. The minimum Gasteiger partial charge on any atom is -0.348 e. The van der Waals surface area contributed by atoms with Crippen molar-refractivity contribution in [1.29, 1.82) is 0 Å². The number of aromatic nitrogens is 2. The van der Waals surface area contributed by atoms with E-state index in [0.29, 0.717) is 11.7 Å². The molecule has 1 saturated carbocycles. The van der Waals surface area contributed by atoms with Gasteiger partial charge in [0.05, 0.1) is 0 Å². The Hall–Kier alpha value is -1.36. The molecule has 0 atom stereocenters. The Labute approximate surface area is 94.2 Å². The van der Waals surface area contributed by atoms with E-state index in [0.717, 1.165) is 37.9 Å². The number of nitrogens with zero attached hydrogens (tertiary/aromatic N) is 2. The van der Waals surface area contributed by atoms with Gasteiger partial charge in [-0.1, -0.05) is 0 Å². The van der Waals surface area contributed by atoms with Crippen LogP contribution in [0.4, 0.5) is 0 Å². The van der Waals surface area contributed by atoms with Crippen molar-refractivity contribution in [2.75, 3.05) is 6.54 Å². The van der Waals surface area contributed by atoms with Crippen LogP contribution in [0.5, 0.6) is 0 Å². The molecule has 2 heterocycles. The predicted molar refractivity (Wildman–Crippen MR) is 59.1 cm³/mol. The van der Waals surface area contributed by atoms with Crippen molar-refractivity contribution >= 4 is 5.91 Å². The molecule has 2 aliphatic rings. The molecule has 2 N–H and O–H groups in total. The summed E-state index contributed by atoms with van der Waals surface area (Å²) in [5.41, 5.74) is 2.88. The van der Waals surface area contributed by atoms with Gasteiger partial charge in [-0.15, -0.1) is 0 Å². The van der Waals surface area contributed by atoms with E-state index in [1.54, 1.807) is 0 Å². The number of rotatable bonds is 2. The van der Waals surface area contributed by atoms with Gasteiger partial charge >= 0.3 is 0 Å². The third-order valence-corrected chi connectivity index (χ3v) is 3.24. The van der Waals surface area contributed by atoms with Crippen molar-refractivity contribution in [2.24, 2.45) is 7.05 Å². The van der Waals surface area contributed by atoms with E-state index >= 15 is 0 Å². The maximum absolute atomic E-state index is 12.0. The van der Waals surface area contributed by atoms with Gasteiger partial charge in [-0.3, -0.25) is 9.48 Å². The highest BCUT2D eigenvalue weighted by molar-refractivity contribution is 5.94. The summed E-state index contributed by atoms with van der Waals surface area (Å²) >= 11 is 0. The largest absolute Gasteiger partial charge is 0.348 e. The predicted octanol–water partition coefficient (Wildman–Crippen LogP) is -0.0420. The minimum atomic E-state index is -0.0111. The molecule has 0 unspecified atom stereocenters. The first-order chi connectivity index (χ1) is 7.75. The number of nitrogens with one attached hydrogen (secondary N) is 2. The van der Waals surface area contributed by atoms with Crippen LogP contribution >= 0.6 is 0 Å². The fraction of sp³-hybridized carbons (Fsp3) is 0.636. The van der Waals surface area contributed by atoms with E-state index in [-0.39, 0.29) is 5.91 Å². The van der Waals surface area contributed by atoms with Crippen molar-refractivity contribution in [3.8, 4) is 0 Å². The average molecular weight is 220 g/mol. The highest BCUT2D eigenvalue weighted by Gasteiger charge is 2.28. The van der Waals surface area contributed by atoms with Crippen LogP contribution in [0, 0.1) is 0 Å². The second-order valence-corrected chi connectivity index (χ2v) is 4.57. The molecule has 0 radical (unpaired) electrons. The number of aryl methyl sites for hydroxylation is 1. The smallest absolute Gasteiger partial charge is 0.272 e. The fourth-order valence-electron chi connectivity index (χ4n) is 2.19. The minimum absolute atomic E-state index is 0.0111. The molecule has 1 aliphatic carbocycles. The number of fused-ring (bicyclic) bond motifs is 1. The summed E-state index contributed by atoms with van der Waals surface area (Å²) in [6.07, 6.45) is 3.17. The average Bonchev–Trinajstić information content (AvgIpc) is 3.03. The molecule has 0 bridgehead atoms. The quantitative estimate of drug-likeness (QED) is 0.735. The highest BCUT2D eigenvalue weighted by Crippen LogP contribution is 2.21. The molecule has 1 aliphatic heterocycles. The van der Waals surface area contributed by atoms with E-state index in [1.807, 2.05) is 11.7 Å². The van der Waals surface area contributed by atoms with Crippen molar-refractivity contribution in [1.82, 2.24) is 20.4 Å². The first-order valence-corrected chi connectivity index (χ1v) is 5.82. The van der Waals surface area contributed by atoms with E-state index in [1.165, 1.54) is 5.69 Å².